The number of anilines is 1. The number of ether oxygens (including phenoxy) is 1. The van der Waals surface area contributed by atoms with E-state index in [1.165, 1.54) is 24.4 Å². The van der Waals surface area contributed by atoms with E-state index in [0.29, 0.717) is 17.6 Å². The number of amides is 1. The fourth-order valence-corrected chi connectivity index (χ4v) is 6.56. The molecule has 1 saturated carbocycles. The standard InChI is InChI=1S/C27H21Cl2FN4O5/c28-17-9-32-8-15-22(14-5-12(35)6-18(30)23(14)17)16(10-34-21(37)7-27(3-4-27)24(15)34)26(38)39-11-19(36)13-1-2-20(31)33-25(13)29/h1-2,5-6,9,16,24H,3-4,7-8,10-11H2,(H2,31,33). The Hall–Kier alpha value is -3.63. The summed E-state index contributed by atoms with van der Waals surface area (Å²) in [6.45, 7) is -0.605. The van der Waals surface area contributed by atoms with Crippen LogP contribution in [0.1, 0.15) is 29.6 Å². The van der Waals surface area contributed by atoms with E-state index in [2.05, 4.69) is 9.98 Å². The zero-order chi connectivity index (χ0) is 27.6. The Kier molecular flexibility index (Phi) is 6.07. The summed E-state index contributed by atoms with van der Waals surface area (Å²) >= 11 is 12.4. The zero-order valence-electron chi connectivity index (χ0n) is 20.4. The lowest BCUT2D eigenvalue weighted by molar-refractivity contribution is -0.147. The highest BCUT2D eigenvalue weighted by molar-refractivity contribution is 6.40. The Balaban J connectivity index is 1.41. The highest BCUT2D eigenvalue weighted by Gasteiger charge is 2.62. The van der Waals surface area contributed by atoms with Crippen molar-refractivity contribution in [2.45, 2.75) is 25.3 Å². The zero-order valence-corrected chi connectivity index (χ0v) is 21.9. The van der Waals surface area contributed by atoms with Crippen LogP contribution in [0.3, 0.4) is 0 Å². The van der Waals surface area contributed by atoms with E-state index in [1.807, 2.05) is 0 Å². The molecule has 9 nitrogen and oxygen atoms in total. The quantitative estimate of drug-likeness (QED) is 0.333. The number of fused-ring (bicyclic) bond motifs is 5. The predicted octanol–water partition coefficient (Wildman–Crippen LogP) is 3.29. The lowest BCUT2D eigenvalue weighted by Gasteiger charge is -2.41. The molecule has 0 aromatic carbocycles. The van der Waals surface area contributed by atoms with Gasteiger partial charge in [-0.05, 0) is 47.8 Å². The number of halogens is 3. The Morgan fingerprint density at radius 3 is 2.69 bits per heavy atom. The fourth-order valence-electron chi connectivity index (χ4n) is 6.03. The van der Waals surface area contributed by atoms with Gasteiger partial charge in [0.1, 0.15) is 22.7 Å². The number of aliphatic imine (C=N–C) groups is 1. The molecule has 12 heteroatoms. The molecule has 1 aromatic heterocycles. The van der Waals surface area contributed by atoms with Crippen molar-refractivity contribution in [3.05, 3.63) is 68.2 Å². The lowest BCUT2D eigenvalue weighted by Crippen LogP contribution is -2.49. The summed E-state index contributed by atoms with van der Waals surface area (Å²) in [5, 5.41) is -0.151. The van der Waals surface area contributed by atoms with Crippen molar-refractivity contribution < 1.29 is 28.3 Å². The van der Waals surface area contributed by atoms with Gasteiger partial charge >= 0.3 is 5.97 Å². The second-order valence-corrected chi connectivity index (χ2v) is 11.0. The minimum absolute atomic E-state index is 0.0205. The van der Waals surface area contributed by atoms with Gasteiger partial charge in [0.15, 0.2) is 12.4 Å². The molecule has 2 unspecified atom stereocenters. The van der Waals surface area contributed by atoms with Gasteiger partial charge in [0, 0.05) is 36.2 Å². The molecule has 0 radical (unpaired) electrons. The highest BCUT2D eigenvalue weighted by Crippen LogP contribution is 2.62. The number of nitrogens with zero attached hydrogens (tertiary/aromatic N) is 3. The van der Waals surface area contributed by atoms with E-state index in [9.17, 15) is 19.2 Å². The van der Waals surface area contributed by atoms with Gasteiger partial charge in [0.25, 0.3) is 0 Å². The van der Waals surface area contributed by atoms with E-state index < -0.39 is 35.9 Å². The van der Waals surface area contributed by atoms with Crippen molar-refractivity contribution in [1.29, 1.82) is 0 Å². The third-order valence-electron chi connectivity index (χ3n) is 7.87. The van der Waals surface area contributed by atoms with Gasteiger partial charge in [0.05, 0.1) is 23.2 Å². The normalized spacial score (nSPS) is 24.9. The number of Topliss-reactive ketones (excluding diaryl/α,β-unsaturated/α-hetero) is 1. The van der Waals surface area contributed by atoms with Crippen LogP contribution in [0.25, 0.3) is 0 Å². The summed E-state index contributed by atoms with van der Waals surface area (Å²) < 4.78 is 20.6. The van der Waals surface area contributed by atoms with Gasteiger partial charge in [-0.3, -0.25) is 24.2 Å². The molecule has 39 heavy (non-hydrogen) atoms. The number of carbonyl (C=O) groups excluding carboxylic acids is 4. The van der Waals surface area contributed by atoms with Crippen LogP contribution in [0.5, 0.6) is 0 Å². The monoisotopic (exact) mass is 570 g/mol. The van der Waals surface area contributed by atoms with E-state index in [-0.39, 0.29) is 63.2 Å². The van der Waals surface area contributed by atoms with Gasteiger partial charge in [-0.25, -0.2) is 9.37 Å². The summed E-state index contributed by atoms with van der Waals surface area (Å²) in [6.07, 6.45) is 5.38. The second kappa shape index (κ2) is 9.24. The number of rotatable bonds is 4. The van der Waals surface area contributed by atoms with E-state index >= 15 is 4.39 Å². The first kappa shape index (κ1) is 25.6. The van der Waals surface area contributed by atoms with E-state index in [1.54, 1.807) is 4.90 Å². The van der Waals surface area contributed by atoms with Crippen LogP contribution in [0.4, 0.5) is 10.2 Å². The summed E-state index contributed by atoms with van der Waals surface area (Å²) in [6, 6.07) is 2.43. The number of aromatic nitrogens is 1. The molecule has 1 spiro atoms. The first-order chi connectivity index (χ1) is 18.6. The fraction of sp³-hybridized carbons (Fsp3) is 0.333. The first-order valence-electron chi connectivity index (χ1n) is 12.3. The summed E-state index contributed by atoms with van der Waals surface area (Å²) in [5.41, 5.74) is 6.45. The minimum Gasteiger partial charge on any atom is -0.457 e. The molecule has 200 valence electrons. The average molecular weight is 571 g/mol. The average Bonchev–Trinajstić information content (AvgIpc) is 3.58. The number of pyridine rings is 1. The molecule has 2 atom stereocenters. The van der Waals surface area contributed by atoms with Crippen molar-refractivity contribution in [2.75, 3.05) is 25.4 Å². The molecule has 1 amide bonds. The van der Waals surface area contributed by atoms with E-state index in [0.717, 1.165) is 18.9 Å². The second-order valence-electron chi connectivity index (χ2n) is 10.2. The number of ketones is 2. The largest absolute Gasteiger partial charge is 0.457 e. The summed E-state index contributed by atoms with van der Waals surface area (Å²) in [4.78, 5) is 61.8. The van der Waals surface area contributed by atoms with Crippen LogP contribution >= 0.6 is 23.2 Å². The molecule has 5 aliphatic rings. The molecule has 2 fully saturated rings. The van der Waals surface area contributed by atoms with Gasteiger partial charge in [0.2, 0.25) is 11.7 Å². The van der Waals surface area contributed by atoms with Crippen LogP contribution in [-0.2, 0) is 19.1 Å². The van der Waals surface area contributed by atoms with Crippen LogP contribution < -0.4 is 5.73 Å². The highest BCUT2D eigenvalue weighted by atomic mass is 35.5. The molecule has 3 aliphatic heterocycles. The Labute approximate surface area is 231 Å². The molecular formula is C27H21Cl2FN4O5. The lowest BCUT2D eigenvalue weighted by atomic mass is 9.74. The summed E-state index contributed by atoms with van der Waals surface area (Å²) in [7, 11) is 0. The van der Waals surface area contributed by atoms with Crippen molar-refractivity contribution in [3.63, 3.8) is 0 Å². The van der Waals surface area contributed by atoms with Crippen LogP contribution in [0.15, 0.2) is 62.4 Å². The van der Waals surface area contributed by atoms with Crippen molar-refractivity contribution in [2.24, 2.45) is 16.3 Å². The van der Waals surface area contributed by atoms with Crippen LogP contribution in [-0.4, -0.2) is 65.3 Å². The van der Waals surface area contributed by atoms with Gasteiger partial charge in [-0.2, -0.15) is 0 Å². The van der Waals surface area contributed by atoms with E-state index in [4.69, 9.17) is 33.7 Å². The van der Waals surface area contributed by atoms with Gasteiger partial charge < -0.3 is 15.4 Å². The number of nitrogen functional groups attached to an aromatic ring is 1. The SMILES string of the molecule is Nc1ccc(C(=O)COC(=O)C2CN3C(=O)CC4(CC4)C3C3=C2C2=CC(=O)C=C(F)C2=C(Cl)C=NC3)c(Cl)n1. The third-order valence-corrected chi connectivity index (χ3v) is 8.45. The molecule has 6 rings (SSSR count). The Morgan fingerprint density at radius 2 is 1.97 bits per heavy atom. The topological polar surface area (TPSA) is 132 Å². The minimum atomic E-state index is -1.11. The Bertz CT molecular complexity index is 1540. The number of nitrogens with two attached hydrogens (primary N) is 1. The Morgan fingerprint density at radius 1 is 1.21 bits per heavy atom. The number of hydrogen-bond acceptors (Lipinski definition) is 8. The third kappa shape index (κ3) is 4.22. The predicted molar refractivity (Wildman–Crippen MR) is 140 cm³/mol. The van der Waals surface area contributed by atoms with Crippen molar-refractivity contribution in [3.8, 4) is 0 Å². The number of allylic oxidation sites excluding steroid dienone is 6. The van der Waals surface area contributed by atoms with Crippen LogP contribution in [0.2, 0.25) is 5.15 Å². The summed E-state index contributed by atoms with van der Waals surface area (Å²) in [5.74, 6) is -3.96. The smallest absolute Gasteiger partial charge is 0.315 e. The van der Waals surface area contributed by atoms with Gasteiger partial charge in [-0.15, -0.1) is 0 Å². The molecule has 1 aromatic rings. The van der Waals surface area contributed by atoms with Gasteiger partial charge in [-0.1, -0.05) is 23.2 Å². The van der Waals surface area contributed by atoms with Crippen molar-refractivity contribution >= 4 is 58.7 Å². The first-order valence-corrected chi connectivity index (χ1v) is 13.0. The maximum atomic E-state index is 15.1. The molecule has 1 saturated heterocycles. The maximum Gasteiger partial charge on any atom is 0.315 e. The molecular weight excluding hydrogens is 550 g/mol. The molecule has 2 N–H and O–H groups in total. The number of carbonyl (C=O) groups is 4. The number of esters is 1. The molecule has 0 bridgehead atoms. The molecule has 4 heterocycles. The maximum absolute atomic E-state index is 15.1. The van der Waals surface area contributed by atoms with Crippen LogP contribution in [0, 0.1) is 11.3 Å². The number of hydrogen-bond donors (Lipinski definition) is 1. The van der Waals surface area contributed by atoms with Crippen molar-refractivity contribution in [1.82, 2.24) is 9.88 Å². The molecule has 2 aliphatic carbocycles.